The Bertz CT molecular complexity index is 856. The van der Waals surface area contributed by atoms with Crippen LogP contribution in [0.5, 0.6) is 0 Å². The Hall–Kier alpha value is -2.73. The summed E-state index contributed by atoms with van der Waals surface area (Å²) in [6.45, 7) is 4.49. The summed E-state index contributed by atoms with van der Waals surface area (Å²) in [6.07, 6.45) is 3.57. The van der Waals surface area contributed by atoms with Gasteiger partial charge in [0.2, 0.25) is 0 Å². The summed E-state index contributed by atoms with van der Waals surface area (Å²) >= 11 is 0. The fraction of sp³-hybridized carbons (Fsp3) is 0.0968. The second-order valence-electron chi connectivity index (χ2n) is 7.21. The molecule has 0 N–H and O–H groups in total. The standard InChI is InChI=1S/C13H16Si.3C6H5.Pt/c1-10-8-9-13(11(10)2)14-12-6-4-3-5-7-12;3*1-2-4-6-5-3-1;/h3-8H,9,14H2,1-2H3;3*1-5H;/q;3*-1;. The minimum Gasteiger partial charge on any atom is -0.184 e. The van der Waals surface area contributed by atoms with Crippen molar-refractivity contribution in [1.29, 1.82) is 0 Å². The third kappa shape index (κ3) is 13.4. The number of hydrogen-bond donors (Lipinski definition) is 0. The molecule has 0 saturated heterocycles. The van der Waals surface area contributed by atoms with Crippen LogP contribution in [0.2, 0.25) is 0 Å². The molecule has 0 nitrogen and oxygen atoms in total. The number of hydrogen-bond acceptors (Lipinski definition) is 0. The van der Waals surface area contributed by atoms with Gasteiger partial charge in [-0.2, -0.15) is 109 Å². The molecule has 4 aromatic carbocycles. The topological polar surface area (TPSA) is 0 Å². The second kappa shape index (κ2) is 18.8. The fourth-order valence-corrected chi connectivity index (χ4v) is 4.77. The van der Waals surface area contributed by atoms with Crippen molar-refractivity contribution in [2.45, 2.75) is 20.3 Å². The monoisotopic (exact) mass is 626 g/mol. The number of benzene rings is 4. The van der Waals surface area contributed by atoms with Gasteiger partial charge in [0.1, 0.15) is 0 Å². The summed E-state index contributed by atoms with van der Waals surface area (Å²) in [4.78, 5) is 0. The van der Waals surface area contributed by atoms with Crippen LogP contribution < -0.4 is 5.19 Å². The van der Waals surface area contributed by atoms with Gasteiger partial charge >= 0.3 is 0 Å². The predicted octanol–water partition coefficient (Wildman–Crippen LogP) is 6.56. The number of allylic oxidation sites excluding steroid dienone is 4. The molecule has 0 heterocycles. The van der Waals surface area contributed by atoms with Gasteiger partial charge in [0, 0.05) is 21.1 Å². The van der Waals surface area contributed by atoms with Gasteiger partial charge in [-0.05, 0) is 20.3 Å². The molecule has 172 valence electrons. The number of rotatable bonds is 2. The molecule has 2 heteroatoms. The van der Waals surface area contributed by atoms with E-state index in [9.17, 15) is 0 Å². The fourth-order valence-electron chi connectivity index (χ4n) is 2.93. The molecule has 0 fully saturated rings. The Kier molecular flexibility index (Phi) is 16.1. The van der Waals surface area contributed by atoms with Crippen LogP contribution in [0.25, 0.3) is 0 Å². The average molecular weight is 627 g/mol. The average Bonchev–Trinajstić information content (AvgIpc) is 3.21. The largest absolute Gasteiger partial charge is 0.184 e. The molecule has 4 aromatic rings. The van der Waals surface area contributed by atoms with Crippen molar-refractivity contribution in [3.05, 3.63) is 162 Å². The first kappa shape index (κ1) is 28.3. The summed E-state index contributed by atoms with van der Waals surface area (Å²) in [5, 5.41) is 3.28. The Labute approximate surface area is 217 Å². The maximum absolute atomic E-state index is 2.89. The van der Waals surface area contributed by atoms with E-state index in [0.29, 0.717) is 0 Å². The van der Waals surface area contributed by atoms with Crippen LogP contribution in [0.15, 0.2) is 144 Å². The van der Waals surface area contributed by atoms with E-state index in [0.717, 1.165) is 0 Å². The molecule has 0 amide bonds. The molecule has 0 aliphatic heterocycles. The van der Waals surface area contributed by atoms with Crippen molar-refractivity contribution in [2.24, 2.45) is 0 Å². The first-order chi connectivity index (χ1) is 15.8. The minimum atomic E-state index is -0.187. The summed E-state index contributed by atoms with van der Waals surface area (Å²) in [6, 6.07) is 48.4. The first-order valence-corrected chi connectivity index (χ1v) is 12.3. The molecule has 0 unspecified atom stereocenters. The molecule has 33 heavy (non-hydrogen) atoms. The molecule has 0 aromatic heterocycles. The van der Waals surface area contributed by atoms with Crippen molar-refractivity contribution in [2.75, 3.05) is 0 Å². The van der Waals surface area contributed by atoms with Crippen LogP contribution >= 0.6 is 0 Å². The first-order valence-electron chi connectivity index (χ1n) is 10.9. The summed E-state index contributed by atoms with van der Waals surface area (Å²) in [5.41, 5.74) is 3.05. The molecule has 0 atom stereocenters. The maximum Gasteiger partial charge on any atom is 0.0831 e. The summed E-state index contributed by atoms with van der Waals surface area (Å²) in [5.74, 6) is 0. The summed E-state index contributed by atoms with van der Waals surface area (Å²) < 4.78 is 0. The molecule has 0 saturated carbocycles. The SMILES string of the molecule is CC1=CCC([SiH2]c2ccccc2)=C1C.[Pt].[c-]1ccccc1.[c-]1ccccc1.[c-]1ccccc1. The van der Waals surface area contributed by atoms with Gasteiger partial charge in [-0.3, -0.25) is 0 Å². The van der Waals surface area contributed by atoms with Gasteiger partial charge in [-0.25, -0.2) is 0 Å². The third-order valence-electron chi connectivity index (χ3n) is 4.86. The van der Waals surface area contributed by atoms with E-state index in [1.54, 1.807) is 16.0 Å². The zero-order valence-electron chi connectivity index (χ0n) is 19.4. The van der Waals surface area contributed by atoms with Gasteiger partial charge in [-0.1, -0.05) is 57.9 Å². The maximum atomic E-state index is 2.89. The third-order valence-corrected chi connectivity index (χ3v) is 6.98. The smallest absolute Gasteiger partial charge is 0.0831 e. The quantitative estimate of drug-likeness (QED) is 0.175. The van der Waals surface area contributed by atoms with Crippen molar-refractivity contribution < 1.29 is 21.1 Å². The molecule has 5 rings (SSSR count). The van der Waals surface area contributed by atoms with Crippen molar-refractivity contribution >= 4 is 14.7 Å². The van der Waals surface area contributed by atoms with Crippen molar-refractivity contribution in [3.63, 3.8) is 0 Å². The molecular formula is C31H31PtSi-3. The van der Waals surface area contributed by atoms with Crippen molar-refractivity contribution in [3.8, 4) is 0 Å². The van der Waals surface area contributed by atoms with Crippen LogP contribution in [0.4, 0.5) is 0 Å². The van der Waals surface area contributed by atoms with E-state index >= 15 is 0 Å². The van der Waals surface area contributed by atoms with Gasteiger partial charge < -0.3 is 0 Å². The molecule has 1 aliphatic carbocycles. The van der Waals surface area contributed by atoms with Crippen LogP contribution in [-0.2, 0) is 21.1 Å². The van der Waals surface area contributed by atoms with Crippen LogP contribution in [0.1, 0.15) is 20.3 Å². The van der Waals surface area contributed by atoms with Crippen LogP contribution in [0, 0.1) is 18.2 Å². The zero-order valence-corrected chi connectivity index (χ0v) is 23.0. The molecule has 0 radical (unpaired) electrons. The zero-order chi connectivity index (χ0) is 22.7. The van der Waals surface area contributed by atoms with E-state index in [-0.39, 0.29) is 30.6 Å². The molecule has 0 bridgehead atoms. The van der Waals surface area contributed by atoms with E-state index in [1.807, 2.05) is 91.0 Å². The normalized spacial score (nSPS) is 11.5. The van der Waals surface area contributed by atoms with Crippen molar-refractivity contribution in [1.82, 2.24) is 0 Å². The molecule has 1 aliphatic rings. The van der Waals surface area contributed by atoms with E-state index in [2.05, 4.69) is 68.5 Å². The Balaban J connectivity index is 0.000000240. The van der Waals surface area contributed by atoms with E-state index in [4.69, 9.17) is 0 Å². The Morgan fingerprint density at radius 2 is 0.970 bits per heavy atom. The molecule has 0 spiro atoms. The van der Waals surface area contributed by atoms with E-state index in [1.165, 1.54) is 12.0 Å². The second-order valence-corrected chi connectivity index (χ2v) is 9.24. The molecular weight excluding hydrogens is 596 g/mol. The van der Waals surface area contributed by atoms with Gasteiger partial charge in [0.15, 0.2) is 0 Å². The minimum absolute atomic E-state index is 0. The van der Waals surface area contributed by atoms with E-state index < -0.39 is 0 Å². The summed E-state index contributed by atoms with van der Waals surface area (Å²) in [7, 11) is -0.187. The van der Waals surface area contributed by atoms with Gasteiger partial charge in [0.05, 0.1) is 9.52 Å². The van der Waals surface area contributed by atoms with Gasteiger partial charge in [-0.15, -0.1) is 0 Å². The van der Waals surface area contributed by atoms with Crippen LogP contribution in [0.3, 0.4) is 0 Å². The Morgan fingerprint density at radius 1 is 0.576 bits per heavy atom. The van der Waals surface area contributed by atoms with Gasteiger partial charge in [0.25, 0.3) is 0 Å². The Morgan fingerprint density at radius 3 is 1.24 bits per heavy atom. The van der Waals surface area contributed by atoms with Crippen LogP contribution in [-0.4, -0.2) is 9.52 Å². The predicted molar refractivity (Wildman–Crippen MR) is 142 cm³/mol.